The summed E-state index contributed by atoms with van der Waals surface area (Å²) in [6.07, 6.45) is 1.05. The summed E-state index contributed by atoms with van der Waals surface area (Å²) in [5.41, 5.74) is 4.01. The third-order valence-corrected chi connectivity index (χ3v) is 4.16. The van der Waals surface area contributed by atoms with Crippen LogP contribution in [0.1, 0.15) is 22.6 Å². The first kappa shape index (κ1) is 13.6. The zero-order valence-electron chi connectivity index (χ0n) is 10.4. The lowest BCUT2D eigenvalue weighted by molar-refractivity contribution is 0.775. The van der Waals surface area contributed by atoms with Crippen LogP contribution in [-0.4, -0.2) is 5.33 Å². The molecule has 0 bridgehead atoms. The van der Waals surface area contributed by atoms with Gasteiger partial charge in [-0.25, -0.2) is 0 Å². The van der Waals surface area contributed by atoms with Crippen molar-refractivity contribution < 1.29 is 0 Å². The molecule has 0 amide bonds. The van der Waals surface area contributed by atoms with Gasteiger partial charge in [0, 0.05) is 10.4 Å². The molecule has 0 aliphatic rings. The molecule has 2 aromatic rings. The number of alkyl halides is 1. The van der Waals surface area contributed by atoms with E-state index in [2.05, 4.69) is 59.3 Å². The molecule has 1 atom stereocenters. The van der Waals surface area contributed by atoms with Crippen LogP contribution in [-0.2, 0) is 6.42 Å². The Bertz CT molecular complexity index is 488. The van der Waals surface area contributed by atoms with Crippen molar-refractivity contribution in [3.05, 3.63) is 70.2 Å². The van der Waals surface area contributed by atoms with Crippen molar-refractivity contribution in [1.29, 1.82) is 0 Å². The molecule has 1 unspecified atom stereocenters. The summed E-state index contributed by atoms with van der Waals surface area (Å²) in [5, 5.41) is 1.75. The Morgan fingerprint density at radius 3 is 2.17 bits per heavy atom. The van der Waals surface area contributed by atoms with Gasteiger partial charge in [-0.15, -0.1) is 0 Å². The minimum Gasteiger partial charge on any atom is -0.0921 e. The Morgan fingerprint density at radius 2 is 1.61 bits per heavy atom. The molecule has 0 nitrogen and oxygen atoms in total. The Labute approximate surface area is 122 Å². The minimum absolute atomic E-state index is 0.491. The van der Waals surface area contributed by atoms with Crippen molar-refractivity contribution in [2.45, 2.75) is 19.3 Å². The maximum Gasteiger partial charge on any atom is 0.0406 e. The molecule has 0 radical (unpaired) electrons. The first-order valence-electron chi connectivity index (χ1n) is 6.06. The normalized spacial score (nSPS) is 12.4. The SMILES string of the molecule is Cc1ccc(CC(CBr)c2ccc(Cl)cc2)cc1. The lowest BCUT2D eigenvalue weighted by Gasteiger charge is -2.15. The number of benzene rings is 2. The first-order chi connectivity index (χ1) is 8.69. The van der Waals surface area contributed by atoms with Gasteiger partial charge in [0.25, 0.3) is 0 Å². The van der Waals surface area contributed by atoms with Crippen molar-refractivity contribution in [1.82, 2.24) is 0 Å². The second kappa shape index (κ2) is 6.40. The minimum atomic E-state index is 0.491. The predicted molar refractivity (Wildman–Crippen MR) is 82.9 cm³/mol. The smallest absolute Gasteiger partial charge is 0.0406 e. The van der Waals surface area contributed by atoms with E-state index in [1.165, 1.54) is 16.7 Å². The Kier molecular flexibility index (Phi) is 4.85. The fourth-order valence-corrected chi connectivity index (χ4v) is 2.73. The van der Waals surface area contributed by atoms with Gasteiger partial charge in [-0.3, -0.25) is 0 Å². The lowest BCUT2D eigenvalue weighted by atomic mass is 9.93. The molecule has 0 heterocycles. The highest BCUT2D eigenvalue weighted by atomic mass is 79.9. The number of halogens is 2. The van der Waals surface area contributed by atoms with E-state index in [1.807, 2.05) is 12.1 Å². The predicted octanol–water partition coefficient (Wildman–Crippen LogP) is 5.37. The Morgan fingerprint density at radius 1 is 1.00 bits per heavy atom. The van der Waals surface area contributed by atoms with Gasteiger partial charge >= 0.3 is 0 Å². The molecule has 94 valence electrons. The summed E-state index contributed by atoms with van der Waals surface area (Å²) in [6, 6.07) is 16.9. The summed E-state index contributed by atoms with van der Waals surface area (Å²) in [7, 11) is 0. The van der Waals surface area contributed by atoms with Gasteiger partial charge in [-0.1, -0.05) is 69.5 Å². The van der Waals surface area contributed by atoms with Crippen molar-refractivity contribution in [3.63, 3.8) is 0 Å². The third kappa shape index (κ3) is 3.60. The summed E-state index contributed by atoms with van der Waals surface area (Å²) in [5.74, 6) is 0.491. The molecule has 2 heteroatoms. The van der Waals surface area contributed by atoms with E-state index in [1.54, 1.807) is 0 Å². The molecular weight excluding hydrogens is 308 g/mol. The van der Waals surface area contributed by atoms with E-state index in [-0.39, 0.29) is 0 Å². The van der Waals surface area contributed by atoms with Gasteiger partial charge in [0.05, 0.1) is 0 Å². The van der Waals surface area contributed by atoms with Crippen molar-refractivity contribution in [2.24, 2.45) is 0 Å². The van der Waals surface area contributed by atoms with Crippen LogP contribution in [0.25, 0.3) is 0 Å². The van der Waals surface area contributed by atoms with Gasteiger partial charge in [-0.2, -0.15) is 0 Å². The topological polar surface area (TPSA) is 0 Å². The van der Waals surface area contributed by atoms with E-state index in [0.717, 1.165) is 16.8 Å². The van der Waals surface area contributed by atoms with E-state index < -0.39 is 0 Å². The standard InChI is InChI=1S/C16H16BrCl/c1-12-2-4-13(5-3-12)10-15(11-17)14-6-8-16(18)9-7-14/h2-9,15H,10-11H2,1H3. The molecule has 0 fully saturated rings. The first-order valence-corrected chi connectivity index (χ1v) is 7.56. The average molecular weight is 324 g/mol. The monoisotopic (exact) mass is 322 g/mol. The van der Waals surface area contributed by atoms with E-state index in [0.29, 0.717) is 5.92 Å². The van der Waals surface area contributed by atoms with Crippen LogP contribution in [0.15, 0.2) is 48.5 Å². The number of hydrogen-bond acceptors (Lipinski definition) is 0. The number of hydrogen-bond donors (Lipinski definition) is 0. The average Bonchev–Trinajstić information content (AvgIpc) is 2.39. The highest BCUT2D eigenvalue weighted by molar-refractivity contribution is 9.09. The molecule has 0 aliphatic heterocycles. The number of rotatable bonds is 4. The fourth-order valence-electron chi connectivity index (χ4n) is 2.01. The molecular formula is C16H16BrCl. The largest absolute Gasteiger partial charge is 0.0921 e. The summed E-state index contributed by atoms with van der Waals surface area (Å²) >= 11 is 9.54. The molecule has 0 saturated heterocycles. The quantitative estimate of drug-likeness (QED) is 0.664. The van der Waals surface area contributed by atoms with Crippen molar-refractivity contribution >= 4 is 27.5 Å². The summed E-state index contributed by atoms with van der Waals surface area (Å²) in [4.78, 5) is 0. The maximum absolute atomic E-state index is 5.93. The maximum atomic E-state index is 5.93. The molecule has 0 aromatic heterocycles. The molecule has 0 aliphatic carbocycles. The second-order valence-electron chi connectivity index (χ2n) is 4.59. The lowest BCUT2D eigenvalue weighted by Crippen LogP contribution is -2.04. The zero-order chi connectivity index (χ0) is 13.0. The fraction of sp³-hybridized carbons (Fsp3) is 0.250. The molecule has 0 spiro atoms. The van der Waals surface area contributed by atoms with Crippen LogP contribution < -0.4 is 0 Å². The van der Waals surface area contributed by atoms with Gasteiger partial charge in [-0.05, 0) is 42.5 Å². The van der Waals surface area contributed by atoms with Gasteiger partial charge < -0.3 is 0 Å². The summed E-state index contributed by atoms with van der Waals surface area (Å²) < 4.78 is 0. The van der Waals surface area contributed by atoms with E-state index in [4.69, 9.17) is 11.6 Å². The third-order valence-electron chi connectivity index (χ3n) is 3.13. The number of aryl methyl sites for hydroxylation is 1. The van der Waals surface area contributed by atoms with Gasteiger partial charge in [0.1, 0.15) is 0 Å². The molecule has 18 heavy (non-hydrogen) atoms. The van der Waals surface area contributed by atoms with E-state index >= 15 is 0 Å². The van der Waals surface area contributed by atoms with Crippen LogP contribution in [0.4, 0.5) is 0 Å². The van der Waals surface area contributed by atoms with Crippen LogP contribution >= 0.6 is 27.5 Å². The van der Waals surface area contributed by atoms with Crippen molar-refractivity contribution in [3.8, 4) is 0 Å². The van der Waals surface area contributed by atoms with Gasteiger partial charge in [0.2, 0.25) is 0 Å². The van der Waals surface area contributed by atoms with Crippen LogP contribution in [0, 0.1) is 6.92 Å². The molecule has 0 saturated carbocycles. The van der Waals surface area contributed by atoms with Gasteiger partial charge in [0.15, 0.2) is 0 Å². The van der Waals surface area contributed by atoms with Crippen LogP contribution in [0.5, 0.6) is 0 Å². The highest BCUT2D eigenvalue weighted by Gasteiger charge is 2.10. The van der Waals surface area contributed by atoms with Crippen LogP contribution in [0.3, 0.4) is 0 Å². The summed E-state index contributed by atoms with van der Waals surface area (Å²) in [6.45, 7) is 2.12. The molecule has 2 rings (SSSR count). The van der Waals surface area contributed by atoms with Crippen molar-refractivity contribution in [2.75, 3.05) is 5.33 Å². The molecule has 2 aromatic carbocycles. The van der Waals surface area contributed by atoms with Crippen LogP contribution in [0.2, 0.25) is 5.02 Å². The zero-order valence-corrected chi connectivity index (χ0v) is 12.7. The Hall–Kier alpha value is -0.790. The Balaban J connectivity index is 2.14. The highest BCUT2D eigenvalue weighted by Crippen LogP contribution is 2.24. The second-order valence-corrected chi connectivity index (χ2v) is 5.68. The molecule has 0 N–H and O–H groups in total. The van der Waals surface area contributed by atoms with E-state index in [9.17, 15) is 0 Å².